The minimum absolute atomic E-state index is 0.0913. The van der Waals surface area contributed by atoms with Gasteiger partial charge in [-0.15, -0.1) is 0 Å². The smallest absolute Gasteiger partial charge is 0.355 e. The number of rotatable bonds is 4. The van der Waals surface area contributed by atoms with Gasteiger partial charge in [0.1, 0.15) is 0 Å². The maximum Gasteiger partial charge on any atom is 0.374 e. The van der Waals surface area contributed by atoms with Crippen molar-refractivity contribution in [3.63, 3.8) is 0 Å². The fourth-order valence-electron chi connectivity index (χ4n) is 0.657. The third-order valence-corrected chi connectivity index (χ3v) is 1.20. The number of ether oxygens (including phenoxy) is 1. The molecule has 70 valence electrons. The minimum atomic E-state index is -0.592. The Morgan fingerprint density at radius 2 is 2.46 bits per heavy atom. The highest BCUT2D eigenvalue weighted by Gasteiger charge is 2.06. The van der Waals surface area contributed by atoms with Crippen LogP contribution in [0.1, 0.15) is 10.4 Å². The van der Waals surface area contributed by atoms with Crippen LogP contribution in [0.25, 0.3) is 0 Å². The highest BCUT2D eigenvalue weighted by molar-refractivity contribution is 5.88. The van der Waals surface area contributed by atoms with Crippen LogP contribution in [-0.4, -0.2) is 24.9 Å². The number of carbonyl (C=O) groups is 1. The molecule has 1 heterocycles. The van der Waals surface area contributed by atoms with Crippen LogP contribution < -0.4 is 0 Å². The second-order valence-corrected chi connectivity index (χ2v) is 2.14. The maximum absolute atomic E-state index is 11.1. The molecule has 1 aromatic rings. The van der Waals surface area contributed by atoms with Crippen molar-refractivity contribution in [2.45, 2.75) is 0 Å². The normalized spacial score (nSPS) is 9.62. The molecule has 0 bridgehead atoms. The van der Waals surface area contributed by atoms with Gasteiger partial charge in [0, 0.05) is 19.5 Å². The van der Waals surface area contributed by atoms with E-state index in [1.54, 1.807) is 18.3 Å². The number of carbonyl (C=O) groups excluding carboxylic acids is 1. The van der Waals surface area contributed by atoms with E-state index in [4.69, 9.17) is 0 Å². The molecule has 5 heteroatoms. The molecule has 0 aliphatic carbocycles. The summed E-state index contributed by atoms with van der Waals surface area (Å²) in [7, 11) is 1.43. The van der Waals surface area contributed by atoms with Crippen LogP contribution in [0.2, 0.25) is 0 Å². The molecule has 0 amide bonds. The summed E-state index contributed by atoms with van der Waals surface area (Å²) >= 11 is 0. The standard InChI is InChI=1S/C8H9NO4/c1-11-6-12-13-8(10)7-3-2-4-9-5-7/h2-5H,6H2,1H3. The van der Waals surface area contributed by atoms with Crippen LogP contribution in [0.5, 0.6) is 0 Å². The van der Waals surface area contributed by atoms with Gasteiger partial charge in [0.25, 0.3) is 0 Å². The SMILES string of the molecule is COCOOC(=O)c1cccnc1. The molecular weight excluding hydrogens is 174 g/mol. The summed E-state index contributed by atoms with van der Waals surface area (Å²) in [5.41, 5.74) is 0.332. The van der Waals surface area contributed by atoms with Crippen molar-refractivity contribution in [2.24, 2.45) is 0 Å². The van der Waals surface area contributed by atoms with Crippen LogP contribution in [0.4, 0.5) is 0 Å². The Kier molecular flexibility index (Phi) is 3.87. The van der Waals surface area contributed by atoms with Gasteiger partial charge in [0.15, 0.2) is 6.79 Å². The Morgan fingerprint density at radius 1 is 1.62 bits per heavy atom. The van der Waals surface area contributed by atoms with E-state index in [2.05, 4.69) is 19.5 Å². The fraction of sp³-hybridized carbons (Fsp3) is 0.250. The van der Waals surface area contributed by atoms with Crippen molar-refractivity contribution >= 4 is 5.97 Å². The van der Waals surface area contributed by atoms with E-state index in [0.717, 1.165) is 0 Å². The number of aromatic nitrogens is 1. The van der Waals surface area contributed by atoms with Gasteiger partial charge in [-0.05, 0) is 12.1 Å². The summed E-state index contributed by atoms with van der Waals surface area (Å²) in [6.45, 7) is -0.0913. The molecule has 0 unspecified atom stereocenters. The Labute approximate surface area is 75.2 Å². The monoisotopic (exact) mass is 183 g/mol. The van der Waals surface area contributed by atoms with Crippen molar-refractivity contribution in [1.82, 2.24) is 4.98 Å². The Morgan fingerprint density at radius 3 is 3.08 bits per heavy atom. The molecule has 0 aliphatic heterocycles. The molecule has 0 saturated carbocycles. The van der Waals surface area contributed by atoms with Crippen LogP contribution in [0.15, 0.2) is 24.5 Å². The lowest BCUT2D eigenvalue weighted by molar-refractivity contribution is -0.286. The van der Waals surface area contributed by atoms with Crippen LogP contribution in [0, 0.1) is 0 Å². The first-order chi connectivity index (χ1) is 6.34. The average molecular weight is 183 g/mol. The summed E-state index contributed by atoms with van der Waals surface area (Å²) in [5, 5.41) is 0. The van der Waals surface area contributed by atoms with Crippen LogP contribution in [-0.2, 0) is 14.5 Å². The predicted molar refractivity (Wildman–Crippen MR) is 42.6 cm³/mol. The van der Waals surface area contributed by atoms with Crippen LogP contribution in [0.3, 0.4) is 0 Å². The molecule has 0 spiro atoms. The van der Waals surface area contributed by atoms with E-state index in [-0.39, 0.29) is 6.79 Å². The van der Waals surface area contributed by atoms with Gasteiger partial charge in [-0.3, -0.25) is 9.87 Å². The summed E-state index contributed by atoms with van der Waals surface area (Å²) in [6, 6.07) is 3.21. The second-order valence-electron chi connectivity index (χ2n) is 2.14. The molecule has 0 fully saturated rings. The molecular formula is C8H9NO4. The lowest BCUT2D eigenvalue weighted by atomic mass is 10.3. The van der Waals surface area contributed by atoms with E-state index in [0.29, 0.717) is 5.56 Å². The van der Waals surface area contributed by atoms with Gasteiger partial charge in [0.2, 0.25) is 0 Å². The van der Waals surface area contributed by atoms with Gasteiger partial charge in [-0.2, -0.15) is 4.89 Å². The number of nitrogens with zero attached hydrogens (tertiary/aromatic N) is 1. The summed E-state index contributed by atoms with van der Waals surface area (Å²) < 4.78 is 4.51. The van der Waals surface area contributed by atoms with Crippen molar-refractivity contribution in [3.8, 4) is 0 Å². The van der Waals surface area contributed by atoms with Gasteiger partial charge >= 0.3 is 5.97 Å². The first kappa shape index (κ1) is 9.63. The molecule has 1 rings (SSSR count). The van der Waals surface area contributed by atoms with Gasteiger partial charge < -0.3 is 4.74 Å². The van der Waals surface area contributed by atoms with Crippen molar-refractivity contribution in [3.05, 3.63) is 30.1 Å². The van der Waals surface area contributed by atoms with Gasteiger partial charge in [-0.25, -0.2) is 4.79 Å². The predicted octanol–water partition coefficient (Wildman–Crippen LogP) is 0.774. The van der Waals surface area contributed by atoms with E-state index < -0.39 is 5.97 Å². The molecule has 5 nitrogen and oxygen atoms in total. The molecule has 0 aliphatic rings. The molecule has 0 N–H and O–H groups in total. The number of methoxy groups -OCH3 is 1. The molecule has 0 atom stereocenters. The van der Waals surface area contributed by atoms with Crippen molar-refractivity contribution < 1.29 is 19.3 Å². The lowest BCUT2D eigenvalue weighted by Gasteiger charge is -2.00. The molecule has 1 aromatic heterocycles. The second kappa shape index (κ2) is 5.23. The zero-order valence-electron chi connectivity index (χ0n) is 7.10. The maximum atomic E-state index is 11.1. The topological polar surface area (TPSA) is 57.7 Å². The molecule has 0 saturated heterocycles. The highest BCUT2D eigenvalue weighted by Crippen LogP contribution is 1.98. The minimum Gasteiger partial charge on any atom is -0.355 e. The van der Waals surface area contributed by atoms with Gasteiger partial charge in [0.05, 0.1) is 5.56 Å². The third kappa shape index (κ3) is 3.18. The quantitative estimate of drug-likeness (QED) is 0.298. The number of pyridine rings is 1. The van der Waals surface area contributed by atoms with E-state index in [1.807, 2.05) is 0 Å². The Bertz CT molecular complexity index is 262. The van der Waals surface area contributed by atoms with E-state index >= 15 is 0 Å². The lowest BCUT2D eigenvalue weighted by Crippen LogP contribution is -2.07. The Balaban J connectivity index is 2.40. The Hall–Kier alpha value is -1.46. The van der Waals surface area contributed by atoms with Crippen molar-refractivity contribution in [2.75, 3.05) is 13.9 Å². The van der Waals surface area contributed by atoms with Crippen LogP contribution >= 0.6 is 0 Å². The molecule has 0 aromatic carbocycles. The van der Waals surface area contributed by atoms with Gasteiger partial charge in [-0.1, -0.05) is 0 Å². The molecule has 13 heavy (non-hydrogen) atoms. The summed E-state index contributed by atoms with van der Waals surface area (Å²) in [5.74, 6) is -0.592. The highest BCUT2D eigenvalue weighted by atomic mass is 17.2. The first-order valence-corrected chi connectivity index (χ1v) is 3.57. The summed E-state index contributed by atoms with van der Waals surface area (Å²) in [4.78, 5) is 23.6. The summed E-state index contributed by atoms with van der Waals surface area (Å²) in [6.07, 6.45) is 2.95. The number of hydrogen-bond acceptors (Lipinski definition) is 5. The number of hydrogen-bond donors (Lipinski definition) is 0. The van der Waals surface area contributed by atoms with Crippen molar-refractivity contribution in [1.29, 1.82) is 0 Å². The van der Waals surface area contributed by atoms with E-state index in [9.17, 15) is 4.79 Å². The first-order valence-electron chi connectivity index (χ1n) is 3.57. The average Bonchev–Trinajstić information content (AvgIpc) is 2.19. The zero-order valence-corrected chi connectivity index (χ0v) is 7.10. The zero-order chi connectivity index (χ0) is 9.52. The third-order valence-electron chi connectivity index (χ3n) is 1.20. The molecule has 0 radical (unpaired) electrons. The fourth-order valence-corrected chi connectivity index (χ4v) is 0.657. The largest absolute Gasteiger partial charge is 0.374 e. The van der Waals surface area contributed by atoms with E-state index in [1.165, 1.54) is 13.3 Å².